The molecule has 15 nitrogen and oxygen atoms in total. The highest BCUT2D eigenvalue weighted by Gasteiger charge is 2.30. The number of aliphatic carboxylic acids is 1. The molecule has 0 fully saturated rings. The molecule has 0 saturated heterocycles. The monoisotopic (exact) mass is 507 g/mol. The number of nitrogens with zero attached hydrogens (tertiary/aromatic N) is 4. The lowest BCUT2D eigenvalue weighted by atomic mass is 10.1. The number of amides is 2. The van der Waals surface area contributed by atoms with Crippen LogP contribution in [0.2, 0.25) is 0 Å². The van der Waals surface area contributed by atoms with Gasteiger partial charge in [0.1, 0.15) is 18.0 Å². The third-order valence-electron chi connectivity index (χ3n) is 5.23. The normalized spacial score (nSPS) is 13.9. The molecule has 2 aromatic carbocycles. The van der Waals surface area contributed by atoms with Crippen LogP contribution < -0.4 is 16.0 Å². The highest BCUT2D eigenvalue weighted by molar-refractivity contribution is 6.42. The minimum Gasteiger partial charge on any atom is -0.478 e. The number of imidazole rings is 1. The zero-order chi connectivity index (χ0) is 26.7. The summed E-state index contributed by atoms with van der Waals surface area (Å²) in [7, 11) is 0. The van der Waals surface area contributed by atoms with Gasteiger partial charge in [-0.1, -0.05) is 0 Å². The van der Waals surface area contributed by atoms with Gasteiger partial charge in [0.05, 0.1) is 40.4 Å². The highest BCUT2D eigenvalue weighted by atomic mass is 16.6. The maximum Gasteiger partial charge on any atom is 0.352 e. The molecule has 0 bridgehead atoms. The van der Waals surface area contributed by atoms with Gasteiger partial charge < -0.3 is 31.0 Å². The molecule has 1 aromatic heterocycles. The molecule has 0 radical (unpaired) electrons. The molecule has 1 atom stereocenters. The van der Waals surface area contributed by atoms with Crippen LogP contribution in [0.5, 0.6) is 0 Å². The Morgan fingerprint density at radius 3 is 2.51 bits per heavy atom. The summed E-state index contributed by atoms with van der Waals surface area (Å²) < 4.78 is 1.32. The Morgan fingerprint density at radius 1 is 1.16 bits per heavy atom. The van der Waals surface area contributed by atoms with Gasteiger partial charge in [0, 0.05) is 18.0 Å². The third kappa shape index (κ3) is 5.24. The largest absolute Gasteiger partial charge is 0.478 e. The molecule has 1 unspecified atom stereocenters. The molecule has 1 aliphatic rings. The first-order valence-electron chi connectivity index (χ1n) is 10.4. The first-order valence-corrected chi connectivity index (χ1v) is 10.4. The summed E-state index contributed by atoms with van der Waals surface area (Å²) >= 11 is 0. The number of nitro benzene ring substituents is 1. The fourth-order valence-corrected chi connectivity index (χ4v) is 3.47. The summed E-state index contributed by atoms with van der Waals surface area (Å²) in [4.78, 5) is 64.9. The summed E-state index contributed by atoms with van der Waals surface area (Å²) in [5, 5.41) is 37.7. The minimum absolute atomic E-state index is 0.0327. The van der Waals surface area contributed by atoms with Gasteiger partial charge in [0.25, 0.3) is 5.69 Å². The van der Waals surface area contributed by atoms with Gasteiger partial charge in [-0.3, -0.25) is 14.7 Å². The van der Waals surface area contributed by atoms with Crippen molar-refractivity contribution in [3.63, 3.8) is 0 Å². The van der Waals surface area contributed by atoms with Gasteiger partial charge in [-0.2, -0.15) is 0 Å². The fourth-order valence-electron chi connectivity index (χ4n) is 3.47. The topological polar surface area (TPSA) is 218 Å². The fraction of sp³-hybridized carbons (Fsp3) is 0.0909. The van der Waals surface area contributed by atoms with Gasteiger partial charge in [-0.25, -0.2) is 24.4 Å². The van der Waals surface area contributed by atoms with Crippen LogP contribution in [0.25, 0.3) is 5.69 Å². The van der Waals surface area contributed by atoms with Crippen molar-refractivity contribution >= 4 is 52.7 Å². The smallest absolute Gasteiger partial charge is 0.352 e. The Bertz CT molecular complexity index is 1460. The predicted molar refractivity (Wildman–Crippen MR) is 128 cm³/mol. The van der Waals surface area contributed by atoms with Crippen LogP contribution in [0.4, 0.5) is 27.5 Å². The molecule has 37 heavy (non-hydrogen) atoms. The van der Waals surface area contributed by atoms with Crippen LogP contribution in [0.3, 0.4) is 0 Å². The van der Waals surface area contributed by atoms with E-state index in [0.29, 0.717) is 17.7 Å². The second-order valence-corrected chi connectivity index (χ2v) is 7.64. The first kappa shape index (κ1) is 24.5. The van der Waals surface area contributed by atoms with Gasteiger partial charge in [0.15, 0.2) is 5.71 Å². The predicted octanol–water partition coefficient (Wildman–Crippen LogP) is 1.95. The second-order valence-electron chi connectivity index (χ2n) is 7.64. The molecule has 1 aliphatic heterocycles. The second kappa shape index (κ2) is 9.95. The lowest BCUT2D eigenvalue weighted by Crippen LogP contribution is -2.38. The van der Waals surface area contributed by atoms with Crippen molar-refractivity contribution in [1.29, 1.82) is 0 Å². The number of nitro groups is 1. The van der Waals surface area contributed by atoms with Crippen LogP contribution in [-0.4, -0.2) is 60.7 Å². The summed E-state index contributed by atoms with van der Waals surface area (Å²) in [6.45, 7) is -0.0470. The summed E-state index contributed by atoms with van der Waals surface area (Å²) in [5.41, 5.74) is 0.195. The van der Waals surface area contributed by atoms with Crippen molar-refractivity contribution in [1.82, 2.24) is 14.9 Å². The molecule has 15 heteroatoms. The number of anilines is 2. The van der Waals surface area contributed by atoms with Crippen molar-refractivity contribution in [2.24, 2.45) is 4.99 Å². The van der Waals surface area contributed by atoms with E-state index < -0.39 is 34.6 Å². The number of aliphatic imine (C=N–C) groups is 1. The summed E-state index contributed by atoms with van der Waals surface area (Å²) in [5.74, 6) is -2.51. The van der Waals surface area contributed by atoms with Crippen molar-refractivity contribution in [3.05, 3.63) is 70.3 Å². The Morgan fingerprint density at radius 2 is 1.89 bits per heavy atom. The number of carbonyl (C=O) groups is 4. The van der Waals surface area contributed by atoms with E-state index in [9.17, 15) is 34.4 Å². The molecular weight excluding hydrogens is 490 g/mol. The number of urea groups is 1. The molecule has 0 saturated carbocycles. The molecule has 3 aromatic rings. The Hall–Kier alpha value is -5.60. The summed E-state index contributed by atoms with van der Waals surface area (Å²) in [6.07, 6.45) is 3.05. The number of aromatic nitrogens is 2. The van der Waals surface area contributed by atoms with Crippen molar-refractivity contribution in [2.75, 3.05) is 10.6 Å². The number of aromatic carboxylic acids is 1. The number of carbonyl (C=O) groups excluding carboxylic acids is 2. The number of benzene rings is 2. The average molecular weight is 507 g/mol. The first-order chi connectivity index (χ1) is 17.7. The number of carboxylic acid groups (broad SMARTS) is 2. The lowest BCUT2D eigenvalue weighted by molar-refractivity contribution is -0.384. The number of nitrogens with one attached hydrogen (secondary N) is 3. The Labute approximate surface area is 206 Å². The molecule has 0 spiro atoms. The van der Waals surface area contributed by atoms with Crippen molar-refractivity contribution in [2.45, 2.75) is 12.6 Å². The molecule has 2 heterocycles. The van der Waals surface area contributed by atoms with E-state index in [1.807, 2.05) is 0 Å². The van der Waals surface area contributed by atoms with Crippen LogP contribution >= 0.6 is 0 Å². The number of hydrogen-bond donors (Lipinski definition) is 5. The SMILES string of the molecule is O=CC1Nc2cc([N+](=O)[O-])c(-n3cnc(CNC(=O)Nc4ccc(C(=O)O)cc4)c3)cc2N=C1C(=O)O. The van der Waals surface area contributed by atoms with E-state index in [-0.39, 0.29) is 34.9 Å². The number of aldehydes is 1. The number of hydrogen-bond acceptors (Lipinski definition) is 9. The van der Waals surface area contributed by atoms with Gasteiger partial charge in [-0.05, 0) is 30.3 Å². The summed E-state index contributed by atoms with van der Waals surface area (Å²) in [6, 6.07) is 6.11. The average Bonchev–Trinajstić information content (AvgIpc) is 3.35. The number of rotatable bonds is 8. The van der Waals surface area contributed by atoms with E-state index in [1.54, 1.807) is 0 Å². The van der Waals surface area contributed by atoms with Crippen molar-refractivity contribution in [3.8, 4) is 5.69 Å². The van der Waals surface area contributed by atoms with E-state index in [4.69, 9.17) is 5.11 Å². The van der Waals surface area contributed by atoms with Crippen LogP contribution in [0.15, 0.2) is 53.9 Å². The third-order valence-corrected chi connectivity index (χ3v) is 5.23. The molecule has 0 aliphatic carbocycles. The highest BCUT2D eigenvalue weighted by Crippen LogP contribution is 2.38. The standard InChI is InChI=1S/C22H17N7O8/c30-9-16-19(21(33)34)27-15-5-17(18(29(36)37)6-14(15)26-16)28-8-13(24-10-28)7-23-22(35)25-12-3-1-11(2-4-12)20(31)32/h1-6,8-10,16,26H,7H2,(H,31,32)(H,33,34)(H2,23,25,35). The van der Waals surface area contributed by atoms with Crippen LogP contribution in [-0.2, 0) is 16.1 Å². The molecular formula is C22H17N7O8. The van der Waals surface area contributed by atoms with E-state index in [2.05, 4.69) is 25.9 Å². The van der Waals surface area contributed by atoms with Gasteiger partial charge in [-0.15, -0.1) is 0 Å². The Balaban J connectivity index is 1.52. The van der Waals surface area contributed by atoms with Gasteiger partial charge in [0.2, 0.25) is 0 Å². The number of carboxylic acids is 2. The molecule has 5 N–H and O–H groups in total. The molecule has 4 rings (SSSR count). The number of fused-ring (bicyclic) bond motifs is 1. The lowest BCUT2D eigenvalue weighted by Gasteiger charge is -2.21. The zero-order valence-electron chi connectivity index (χ0n) is 18.6. The maximum absolute atomic E-state index is 12.2. The quantitative estimate of drug-likeness (QED) is 0.169. The van der Waals surface area contributed by atoms with Crippen LogP contribution in [0, 0.1) is 10.1 Å². The van der Waals surface area contributed by atoms with E-state index in [1.165, 1.54) is 47.4 Å². The Kier molecular flexibility index (Phi) is 6.59. The van der Waals surface area contributed by atoms with Gasteiger partial charge >= 0.3 is 18.0 Å². The maximum atomic E-state index is 12.2. The minimum atomic E-state index is -1.41. The molecule has 2 amide bonds. The van der Waals surface area contributed by atoms with Crippen molar-refractivity contribution < 1.29 is 34.3 Å². The zero-order valence-corrected chi connectivity index (χ0v) is 18.6. The molecule has 188 valence electrons. The van der Waals surface area contributed by atoms with Crippen LogP contribution in [0.1, 0.15) is 16.1 Å². The van der Waals surface area contributed by atoms with E-state index >= 15 is 0 Å². The van der Waals surface area contributed by atoms with E-state index in [0.717, 1.165) is 6.07 Å².